The third-order valence-corrected chi connectivity index (χ3v) is 3.06. The maximum atomic E-state index is 11.5. The van der Waals surface area contributed by atoms with Gasteiger partial charge in [0.15, 0.2) is 5.16 Å². The molecule has 0 aliphatic heterocycles. The number of hydrogen-bond donors (Lipinski definition) is 2. The lowest BCUT2D eigenvalue weighted by Crippen LogP contribution is -2.30. The lowest BCUT2D eigenvalue weighted by molar-refractivity contribution is -0.118. The molecule has 1 amide bonds. The number of carbonyl (C=O) groups excluding carboxylic acids is 1. The van der Waals surface area contributed by atoms with E-state index in [-0.39, 0.29) is 24.4 Å². The van der Waals surface area contributed by atoms with Crippen molar-refractivity contribution < 1.29 is 4.79 Å². The van der Waals surface area contributed by atoms with Crippen LogP contribution in [0.5, 0.6) is 0 Å². The Morgan fingerprint density at radius 1 is 1.42 bits per heavy atom. The van der Waals surface area contributed by atoms with Crippen molar-refractivity contribution in [3.05, 3.63) is 17.5 Å². The summed E-state index contributed by atoms with van der Waals surface area (Å²) >= 11 is 1.35. The van der Waals surface area contributed by atoms with Gasteiger partial charge in [-0.1, -0.05) is 11.8 Å². The topological polar surface area (TPSA) is 80.9 Å². The molecular weight excluding hydrogens is 284 g/mol. The Hall–Kier alpha value is -0.850. The Morgan fingerprint density at radius 2 is 2.00 bits per heavy atom. The number of thioether (sulfide) groups is 1. The molecule has 1 aromatic rings. The van der Waals surface area contributed by atoms with Crippen LogP contribution in [0.4, 0.5) is 0 Å². The third-order valence-electron chi connectivity index (χ3n) is 2.22. The van der Waals surface area contributed by atoms with Gasteiger partial charge in [0.2, 0.25) is 5.91 Å². The minimum Gasteiger partial charge on any atom is -0.355 e. The Balaban J connectivity index is 0.00000324. The Bertz CT molecular complexity index is 394. The van der Waals surface area contributed by atoms with Crippen molar-refractivity contribution in [2.75, 3.05) is 12.3 Å². The maximum Gasteiger partial charge on any atom is 0.230 e. The van der Waals surface area contributed by atoms with Crippen LogP contribution < -0.4 is 11.1 Å². The zero-order chi connectivity index (χ0) is 13.5. The monoisotopic (exact) mass is 304 g/mol. The molecule has 1 aromatic heterocycles. The van der Waals surface area contributed by atoms with E-state index in [2.05, 4.69) is 15.3 Å². The Morgan fingerprint density at radius 3 is 2.53 bits per heavy atom. The first-order valence-electron chi connectivity index (χ1n) is 5.94. The van der Waals surface area contributed by atoms with Gasteiger partial charge in [-0.3, -0.25) is 4.79 Å². The first kappa shape index (κ1) is 18.1. The predicted molar refractivity (Wildman–Crippen MR) is 80.8 cm³/mol. The molecule has 0 aromatic carbocycles. The lowest BCUT2D eigenvalue weighted by atomic mass is 10.2. The molecule has 108 valence electrons. The van der Waals surface area contributed by atoms with E-state index < -0.39 is 0 Å². The Kier molecular flexibility index (Phi) is 8.71. The van der Waals surface area contributed by atoms with Crippen LogP contribution in [-0.4, -0.2) is 34.2 Å². The molecule has 19 heavy (non-hydrogen) atoms. The summed E-state index contributed by atoms with van der Waals surface area (Å²) in [7, 11) is 0. The van der Waals surface area contributed by atoms with Crippen LogP contribution in [0.3, 0.4) is 0 Å². The number of nitrogens with zero attached hydrogens (tertiary/aromatic N) is 2. The molecule has 0 saturated carbocycles. The van der Waals surface area contributed by atoms with Crippen LogP contribution in [0.25, 0.3) is 0 Å². The molecule has 1 atom stereocenters. The van der Waals surface area contributed by atoms with Gasteiger partial charge in [-0.2, -0.15) is 0 Å². The van der Waals surface area contributed by atoms with Crippen LogP contribution in [0.15, 0.2) is 11.2 Å². The molecule has 0 aliphatic rings. The standard InChI is InChI=1S/C12H20N4OS.ClH/c1-8(13)4-5-14-11(17)7-18-12-15-9(2)6-10(3)16-12;/h6,8H,4-5,7,13H2,1-3H3,(H,14,17);1H. The zero-order valence-corrected chi connectivity index (χ0v) is 13.1. The SMILES string of the molecule is Cc1cc(C)nc(SCC(=O)NCCC(C)N)n1.Cl. The highest BCUT2D eigenvalue weighted by atomic mass is 35.5. The van der Waals surface area contributed by atoms with Gasteiger partial charge in [-0.15, -0.1) is 12.4 Å². The molecule has 0 radical (unpaired) electrons. The number of nitrogens with two attached hydrogens (primary N) is 1. The predicted octanol–water partition coefficient (Wildman–Crippen LogP) is 1.46. The number of aryl methyl sites for hydroxylation is 2. The molecule has 0 fully saturated rings. The summed E-state index contributed by atoms with van der Waals surface area (Å²) in [5.41, 5.74) is 7.44. The number of rotatable bonds is 6. The summed E-state index contributed by atoms with van der Waals surface area (Å²) in [6.45, 7) is 6.37. The van der Waals surface area contributed by atoms with Gasteiger partial charge in [0, 0.05) is 24.0 Å². The van der Waals surface area contributed by atoms with Gasteiger partial charge >= 0.3 is 0 Å². The van der Waals surface area contributed by atoms with E-state index in [1.807, 2.05) is 26.8 Å². The number of hydrogen-bond acceptors (Lipinski definition) is 5. The minimum atomic E-state index is -0.0107. The normalized spacial score (nSPS) is 11.6. The second-order valence-electron chi connectivity index (χ2n) is 4.34. The molecule has 1 heterocycles. The van der Waals surface area contributed by atoms with Gasteiger partial charge in [0.25, 0.3) is 0 Å². The van der Waals surface area contributed by atoms with Crippen molar-refractivity contribution in [3.63, 3.8) is 0 Å². The molecule has 5 nitrogen and oxygen atoms in total. The second kappa shape index (κ2) is 9.12. The fourth-order valence-corrected chi connectivity index (χ4v) is 2.16. The smallest absolute Gasteiger partial charge is 0.230 e. The van der Waals surface area contributed by atoms with Crippen molar-refractivity contribution in [3.8, 4) is 0 Å². The first-order valence-corrected chi connectivity index (χ1v) is 6.93. The summed E-state index contributed by atoms with van der Waals surface area (Å²) in [6, 6.07) is 2.02. The van der Waals surface area contributed by atoms with Gasteiger partial charge < -0.3 is 11.1 Å². The van der Waals surface area contributed by atoms with E-state index in [1.165, 1.54) is 11.8 Å². The second-order valence-corrected chi connectivity index (χ2v) is 5.28. The molecule has 0 aliphatic carbocycles. The van der Waals surface area contributed by atoms with Gasteiger partial charge in [0.1, 0.15) is 0 Å². The fraction of sp³-hybridized carbons (Fsp3) is 0.583. The van der Waals surface area contributed by atoms with Crippen LogP contribution in [0, 0.1) is 13.8 Å². The summed E-state index contributed by atoms with van der Waals surface area (Å²) in [6.07, 6.45) is 0.788. The molecule has 0 spiro atoms. The minimum absolute atomic E-state index is 0. The molecule has 1 rings (SSSR count). The number of carbonyl (C=O) groups is 1. The van der Waals surface area contributed by atoms with Gasteiger partial charge in [-0.05, 0) is 33.3 Å². The van der Waals surface area contributed by atoms with Crippen LogP contribution >= 0.6 is 24.2 Å². The maximum absolute atomic E-state index is 11.5. The van der Waals surface area contributed by atoms with Gasteiger partial charge in [-0.25, -0.2) is 9.97 Å². The summed E-state index contributed by atoms with van der Waals surface area (Å²) in [4.78, 5) is 20.1. The highest BCUT2D eigenvalue weighted by molar-refractivity contribution is 7.99. The van der Waals surface area contributed by atoms with Crippen LogP contribution in [0.2, 0.25) is 0 Å². The van der Waals surface area contributed by atoms with E-state index >= 15 is 0 Å². The van der Waals surface area contributed by atoms with Crippen LogP contribution in [0.1, 0.15) is 24.7 Å². The summed E-state index contributed by atoms with van der Waals surface area (Å²) in [5, 5.41) is 3.47. The molecule has 1 unspecified atom stereocenters. The van der Waals surface area contributed by atoms with E-state index in [0.717, 1.165) is 17.8 Å². The summed E-state index contributed by atoms with van der Waals surface area (Å²) < 4.78 is 0. The molecule has 0 saturated heterocycles. The first-order chi connectivity index (χ1) is 8.47. The van der Waals surface area contributed by atoms with E-state index in [0.29, 0.717) is 17.5 Å². The highest BCUT2D eigenvalue weighted by Crippen LogP contribution is 2.13. The van der Waals surface area contributed by atoms with E-state index in [4.69, 9.17) is 5.73 Å². The number of amides is 1. The number of nitrogens with one attached hydrogen (secondary N) is 1. The van der Waals surface area contributed by atoms with Crippen molar-refractivity contribution in [1.29, 1.82) is 0 Å². The molecule has 7 heteroatoms. The Labute approximate surface area is 124 Å². The lowest BCUT2D eigenvalue weighted by Gasteiger charge is -2.07. The third kappa shape index (κ3) is 8.02. The average Bonchev–Trinajstić information content (AvgIpc) is 2.24. The van der Waals surface area contributed by atoms with E-state index in [9.17, 15) is 4.79 Å². The number of halogens is 1. The van der Waals surface area contributed by atoms with Crippen molar-refractivity contribution in [2.45, 2.75) is 38.4 Å². The molecular formula is C12H21ClN4OS. The fourth-order valence-electron chi connectivity index (χ4n) is 1.38. The van der Waals surface area contributed by atoms with Crippen molar-refractivity contribution >= 4 is 30.1 Å². The zero-order valence-electron chi connectivity index (χ0n) is 11.5. The quantitative estimate of drug-likeness (QED) is 0.614. The van der Waals surface area contributed by atoms with Crippen molar-refractivity contribution in [1.82, 2.24) is 15.3 Å². The highest BCUT2D eigenvalue weighted by Gasteiger charge is 2.06. The van der Waals surface area contributed by atoms with E-state index in [1.54, 1.807) is 0 Å². The average molecular weight is 305 g/mol. The molecule has 0 bridgehead atoms. The van der Waals surface area contributed by atoms with Gasteiger partial charge in [0.05, 0.1) is 5.75 Å². The van der Waals surface area contributed by atoms with Crippen LogP contribution in [-0.2, 0) is 4.79 Å². The van der Waals surface area contributed by atoms with Crippen molar-refractivity contribution in [2.24, 2.45) is 5.73 Å². The summed E-state index contributed by atoms with van der Waals surface area (Å²) in [5.74, 6) is 0.324. The molecule has 3 N–H and O–H groups in total. The largest absolute Gasteiger partial charge is 0.355 e. The number of aromatic nitrogens is 2.